The summed E-state index contributed by atoms with van der Waals surface area (Å²) in [5, 5.41) is 0.702. The lowest BCUT2D eigenvalue weighted by atomic mass is 10.0. The Balaban J connectivity index is 1.97. The van der Waals surface area contributed by atoms with Crippen molar-refractivity contribution in [1.29, 1.82) is 0 Å². The Hall–Kier alpha value is 0.500. The third-order valence-corrected chi connectivity index (χ3v) is 5.90. The molecule has 0 spiro atoms. The maximum absolute atomic E-state index is 11.1. The first kappa shape index (κ1) is 11.6. The Kier molecular flexibility index (Phi) is 5.41. The molecule has 1 saturated heterocycles. The van der Waals surface area contributed by atoms with Crippen LogP contribution in [-0.2, 0) is 9.83 Å². The molecule has 0 bridgehead atoms. The van der Waals surface area contributed by atoms with E-state index in [9.17, 15) is 4.21 Å². The van der Waals surface area contributed by atoms with Crippen LogP contribution in [0.3, 0.4) is 0 Å². The summed E-state index contributed by atoms with van der Waals surface area (Å²) < 4.78 is 11.1. The highest BCUT2D eigenvalue weighted by Gasteiger charge is 2.21. The van der Waals surface area contributed by atoms with Crippen LogP contribution in [0.5, 0.6) is 0 Å². The Morgan fingerprint density at radius 2 is 2.23 bits per heavy atom. The van der Waals surface area contributed by atoms with Crippen molar-refractivity contribution in [2.75, 3.05) is 5.75 Å². The molecule has 1 nitrogen and oxygen atoms in total. The van der Waals surface area contributed by atoms with Gasteiger partial charge in [0.15, 0.2) is 0 Å². The molecule has 0 radical (unpaired) electrons. The molecule has 1 fully saturated rings. The van der Waals surface area contributed by atoms with E-state index in [-0.39, 0.29) is 0 Å². The van der Waals surface area contributed by atoms with Gasteiger partial charge in [0.2, 0.25) is 0 Å². The average Bonchev–Trinajstić information content (AvgIpc) is 2.45. The van der Waals surface area contributed by atoms with Gasteiger partial charge in [-0.2, -0.15) is 0 Å². The SMILES string of the molecule is CC(C)CCCC[C@@H]1CCS(=O)S1. The monoisotopic (exact) mass is 220 g/mol. The lowest BCUT2D eigenvalue weighted by Crippen LogP contribution is -1.97. The Morgan fingerprint density at radius 3 is 2.77 bits per heavy atom. The van der Waals surface area contributed by atoms with E-state index < -0.39 is 9.83 Å². The van der Waals surface area contributed by atoms with E-state index in [2.05, 4.69) is 13.8 Å². The molecule has 0 aromatic rings. The first-order valence-electron chi connectivity index (χ1n) is 5.24. The van der Waals surface area contributed by atoms with Gasteiger partial charge in [0.05, 0.1) is 9.83 Å². The van der Waals surface area contributed by atoms with Crippen molar-refractivity contribution in [1.82, 2.24) is 0 Å². The highest BCUT2D eigenvalue weighted by atomic mass is 33.1. The molecule has 3 heteroatoms. The van der Waals surface area contributed by atoms with Crippen molar-refractivity contribution in [3.05, 3.63) is 0 Å². The number of rotatable bonds is 5. The Bertz CT molecular complexity index is 168. The van der Waals surface area contributed by atoms with Gasteiger partial charge in [-0.1, -0.05) is 43.9 Å². The molecule has 0 amide bonds. The summed E-state index contributed by atoms with van der Waals surface area (Å²) in [5.41, 5.74) is 0. The van der Waals surface area contributed by atoms with E-state index >= 15 is 0 Å². The third-order valence-electron chi connectivity index (χ3n) is 2.41. The van der Waals surface area contributed by atoms with Crippen molar-refractivity contribution in [3.8, 4) is 0 Å². The fourth-order valence-electron chi connectivity index (χ4n) is 1.59. The second-order valence-corrected chi connectivity index (χ2v) is 7.76. The lowest BCUT2D eigenvalue weighted by Gasteiger charge is -2.07. The molecule has 0 saturated carbocycles. The van der Waals surface area contributed by atoms with Gasteiger partial charge < -0.3 is 0 Å². The van der Waals surface area contributed by atoms with Crippen molar-refractivity contribution >= 4 is 20.6 Å². The van der Waals surface area contributed by atoms with Crippen LogP contribution in [-0.4, -0.2) is 15.2 Å². The van der Waals surface area contributed by atoms with E-state index in [0.717, 1.165) is 11.7 Å². The smallest absolute Gasteiger partial charge is 0.0806 e. The topological polar surface area (TPSA) is 17.1 Å². The van der Waals surface area contributed by atoms with Crippen LogP contribution >= 0.6 is 10.8 Å². The standard InChI is InChI=1S/C10H20OS2/c1-9(2)5-3-4-6-10-7-8-13(11)12-10/h9-10H,3-8H2,1-2H3/t10-,13?/m1/s1. The molecule has 13 heavy (non-hydrogen) atoms. The van der Waals surface area contributed by atoms with E-state index in [4.69, 9.17) is 0 Å². The van der Waals surface area contributed by atoms with Crippen LogP contribution in [0.4, 0.5) is 0 Å². The zero-order chi connectivity index (χ0) is 9.68. The van der Waals surface area contributed by atoms with Gasteiger partial charge >= 0.3 is 0 Å². The van der Waals surface area contributed by atoms with Crippen LogP contribution in [0, 0.1) is 5.92 Å². The van der Waals surface area contributed by atoms with Gasteiger partial charge in [-0.05, 0) is 18.8 Å². The second kappa shape index (κ2) is 6.07. The molecule has 0 aromatic carbocycles. The van der Waals surface area contributed by atoms with E-state index in [1.807, 2.05) is 0 Å². The molecule has 2 atom stereocenters. The van der Waals surface area contributed by atoms with Gasteiger partial charge in [0.1, 0.15) is 0 Å². The highest BCUT2D eigenvalue weighted by Crippen LogP contribution is 2.31. The van der Waals surface area contributed by atoms with Crippen LogP contribution in [0.15, 0.2) is 0 Å². The molecule has 1 rings (SSSR count). The summed E-state index contributed by atoms with van der Waals surface area (Å²) in [6.07, 6.45) is 6.48. The third kappa shape index (κ3) is 5.06. The van der Waals surface area contributed by atoms with Crippen molar-refractivity contribution in [2.24, 2.45) is 5.92 Å². The minimum Gasteiger partial charge on any atom is -0.248 e. The summed E-state index contributed by atoms with van der Waals surface area (Å²) in [4.78, 5) is 0. The molecule has 0 N–H and O–H groups in total. The summed E-state index contributed by atoms with van der Waals surface area (Å²) in [6.45, 7) is 4.55. The summed E-state index contributed by atoms with van der Waals surface area (Å²) in [6, 6.07) is 0. The normalized spacial score (nSPS) is 28.5. The first-order chi connectivity index (χ1) is 6.18. The highest BCUT2D eigenvalue weighted by molar-refractivity contribution is 8.69. The largest absolute Gasteiger partial charge is 0.248 e. The minimum absolute atomic E-state index is 0.550. The van der Waals surface area contributed by atoms with Crippen LogP contribution in [0.2, 0.25) is 0 Å². The molecular weight excluding hydrogens is 200 g/mol. The van der Waals surface area contributed by atoms with Crippen LogP contribution in [0.25, 0.3) is 0 Å². The molecule has 1 aliphatic rings. The maximum Gasteiger partial charge on any atom is 0.0806 e. The minimum atomic E-state index is -0.550. The summed E-state index contributed by atoms with van der Waals surface area (Å²) in [5.74, 6) is 1.77. The average molecular weight is 220 g/mol. The van der Waals surface area contributed by atoms with Gasteiger partial charge in [0.25, 0.3) is 0 Å². The number of hydrogen-bond acceptors (Lipinski definition) is 2. The zero-order valence-corrected chi connectivity index (χ0v) is 10.3. The molecule has 0 aromatic heterocycles. The second-order valence-electron chi connectivity index (χ2n) is 4.19. The van der Waals surface area contributed by atoms with Crippen LogP contribution in [0.1, 0.15) is 46.0 Å². The van der Waals surface area contributed by atoms with E-state index in [0.29, 0.717) is 5.25 Å². The molecule has 1 aliphatic heterocycles. The summed E-state index contributed by atoms with van der Waals surface area (Å²) >= 11 is 0. The van der Waals surface area contributed by atoms with Gasteiger partial charge in [-0.15, -0.1) is 0 Å². The van der Waals surface area contributed by atoms with Gasteiger partial charge in [-0.25, -0.2) is 4.21 Å². The fourth-order valence-corrected chi connectivity index (χ4v) is 5.16. The van der Waals surface area contributed by atoms with Crippen molar-refractivity contribution in [3.63, 3.8) is 0 Å². The molecule has 1 heterocycles. The number of hydrogen-bond donors (Lipinski definition) is 0. The lowest BCUT2D eigenvalue weighted by molar-refractivity contribution is 0.522. The Morgan fingerprint density at radius 1 is 1.46 bits per heavy atom. The molecule has 1 unspecified atom stereocenters. The summed E-state index contributed by atoms with van der Waals surface area (Å²) in [7, 11) is 1.15. The van der Waals surface area contributed by atoms with Crippen molar-refractivity contribution in [2.45, 2.75) is 51.2 Å². The predicted molar refractivity (Wildman–Crippen MR) is 62.3 cm³/mol. The zero-order valence-electron chi connectivity index (χ0n) is 8.62. The predicted octanol–water partition coefficient (Wildman–Crippen LogP) is 3.37. The van der Waals surface area contributed by atoms with E-state index in [1.54, 1.807) is 10.8 Å². The number of unbranched alkanes of at least 4 members (excludes halogenated alkanes) is 1. The van der Waals surface area contributed by atoms with Gasteiger partial charge in [0, 0.05) is 11.0 Å². The van der Waals surface area contributed by atoms with E-state index in [1.165, 1.54) is 32.1 Å². The first-order valence-corrected chi connectivity index (χ1v) is 7.95. The molecule has 78 valence electrons. The fraction of sp³-hybridized carbons (Fsp3) is 1.00. The molecular formula is C10H20OS2. The van der Waals surface area contributed by atoms with Gasteiger partial charge in [-0.3, -0.25) is 0 Å². The van der Waals surface area contributed by atoms with Crippen molar-refractivity contribution < 1.29 is 4.21 Å². The maximum atomic E-state index is 11.1. The quantitative estimate of drug-likeness (QED) is 0.522. The van der Waals surface area contributed by atoms with Crippen LogP contribution < -0.4 is 0 Å². The Labute approximate surface area is 87.9 Å². The molecule has 0 aliphatic carbocycles.